The number of esters is 3. The zero-order chi connectivity index (χ0) is 10.3. The van der Waals surface area contributed by atoms with Gasteiger partial charge in [-0.05, 0) is 0 Å². The van der Waals surface area contributed by atoms with Crippen LogP contribution in [0.3, 0.4) is 0 Å². The van der Waals surface area contributed by atoms with Crippen LogP contribution in [0.5, 0.6) is 0 Å². The van der Waals surface area contributed by atoms with Gasteiger partial charge in [-0.1, -0.05) is 6.58 Å². The number of hydrogen-bond donors (Lipinski definition) is 0. The molecule has 0 aromatic carbocycles. The summed E-state index contributed by atoms with van der Waals surface area (Å²) in [7, 11) is 0. The van der Waals surface area contributed by atoms with Crippen LogP contribution in [0.1, 0.15) is 19.8 Å². The minimum Gasteiger partial charge on any atom is -0.435 e. The van der Waals surface area contributed by atoms with E-state index in [4.69, 9.17) is 0 Å². The summed E-state index contributed by atoms with van der Waals surface area (Å²) in [6.45, 7) is 4.27. The quantitative estimate of drug-likeness (QED) is 0.364. The highest BCUT2D eigenvalue weighted by Crippen LogP contribution is 1.96. The van der Waals surface area contributed by atoms with Crippen molar-refractivity contribution in [1.29, 1.82) is 0 Å². The molecule has 0 atom stereocenters. The number of carbonyl (C=O) groups is 3. The summed E-state index contributed by atoms with van der Waals surface area (Å²) in [6, 6.07) is 0. The fourth-order valence-electron chi connectivity index (χ4n) is 0.567. The molecule has 0 saturated heterocycles. The number of hydrogen-bond acceptors (Lipinski definition) is 5. The lowest BCUT2D eigenvalue weighted by Gasteiger charge is -1.98. The summed E-state index contributed by atoms with van der Waals surface area (Å²) in [4.78, 5) is 31.6. The standard InChI is InChI=1S/C8H10O5/c1-3-12-7(10)4-5-8(11)13-6(2)9/h3H,1,4-5H2,2H3. The van der Waals surface area contributed by atoms with Gasteiger partial charge in [-0.25, -0.2) is 0 Å². The molecular formula is C8H10O5. The fourth-order valence-corrected chi connectivity index (χ4v) is 0.567. The second-order valence-corrected chi connectivity index (χ2v) is 2.12. The summed E-state index contributed by atoms with van der Waals surface area (Å²) in [6.07, 6.45) is 0.670. The Hall–Kier alpha value is -1.65. The lowest BCUT2D eigenvalue weighted by Crippen LogP contribution is -2.11. The van der Waals surface area contributed by atoms with Crippen LogP contribution in [0.25, 0.3) is 0 Å². The molecule has 0 radical (unpaired) electrons. The highest BCUT2D eigenvalue weighted by molar-refractivity contribution is 5.86. The van der Waals surface area contributed by atoms with Gasteiger partial charge >= 0.3 is 17.9 Å². The van der Waals surface area contributed by atoms with Gasteiger partial charge in [-0.15, -0.1) is 0 Å². The lowest BCUT2D eigenvalue weighted by molar-refractivity contribution is -0.159. The van der Waals surface area contributed by atoms with E-state index in [2.05, 4.69) is 16.1 Å². The molecule has 0 unspecified atom stereocenters. The molecule has 0 heterocycles. The predicted octanol–water partition coefficient (Wildman–Crippen LogP) is 0.543. The maximum absolute atomic E-state index is 10.7. The van der Waals surface area contributed by atoms with Gasteiger partial charge in [0.05, 0.1) is 19.1 Å². The van der Waals surface area contributed by atoms with Crippen LogP contribution >= 0.6 is 0 Å². The van der Waals surface area contributed by atoms with Crippen LogP contribution in [0, 0.1) is 0 Å². The largest absolute Gasteiger partial charge is 0.435 e. The maximum Gasteiger partial charge on any atom is 0.314 e. The number of carbonyl (C=O) groups excluding carboxylic acids is 3. The molecule has 0 amide bonds. The van der Waals surface area contributed by atoms with E-state index in [1.165, 1.54) is 0 Å². The fraction of sp³-hybridized carbons (Fsp3) is 0.375. The number of rotatable bonds is 4. The van der Waals surface area contributed by atoms with Crippen molar-refractivity contribution in [3.8, 4) is 0 Å². The first-order valence-electron chi connectivity index (χ1n) is 3.58. The molecule has 0 N–H and O–H groups in total. The zero-order valence-electron chi connectivity index (χ0n) is 7.24. The van der Waals surface area contributed by atoms with Crippen LogP contribution in [-0.4, -0.2) is 17.9 Å². The van der Waals surface area contributed by atoms with Crippen molar-refractivity contribution >= 4 is 17.9 Å². The molecule has 0 rings (SSSR count). The molecule has 0 aliphatic rings. The third-order valence-corrected chi connectivity index (χ3v) is 1.01. The first kappa shape index (κ1) is 11.4. The Labute approximate surface area is 75.3 Å². The minimum absolute atomic E-state index is 0.127. The highest BCUT2D eigenvalue weighted by atomic mass is 16.6. The van der Waals surface area contributed by atoms with Gasteiger partial charge in [0.1, 0.15) is 0 Å². The Kier molecular flexibility index (Phi) is 5.18. The molecule has 5 heteroatoms. The summed E-state index contributed by atoms with van der Waals surface area (Å²) >= 11 is 0. The molecule has 72 valence electrons. The molecule has 0 fully saturated rings. The summed E-state index contributed by atoms with van der Waals surface area (Å²) < 4.78 is 8.50. The van der Waals surface area contributed by atoms with Crippen molar-refractivity contribution in [3.63, 3.8) is 0 Å². The van der Waals surface area contributed by atoms with E-state index in [1.807, 2.05) is 0 Å². The molecule has 0 aliphatic carbocycles. The van der Waals surface area contributed by atoms with E-state index in [0.717, 1.165) is 13.2 Å². The average Bonchev–Trinajstić information content (AvgIpc) is 2.00. The minimum atomic E-state index is -0.742. The molecule has 5 nitrogen and oxygen atoms in total. The second-order valence-electron chi connectivity index (χ2n) is 2.12. The topological polar surface area (TPSA) is 69.7 Å². The molecule has 13 heavy (non-hydrogen) atoms. The van der Waals surface area contributed by atoms with Crippen LogP contribution in [-0.2, 0) is 23.9 Å². The van der Waals surface area contributed by atoms with Gasteiger partial charge in [0.25, 0.3) is 0 Å². The molecule has 0 spiro atoms. The second kappa shape index (κ2) is 5.93. The van der Waals surface area contributed by atoms with E-state index in [0.29, 0.717) is 0 Å². The van der Waals surface area contributed by atoms with Crippen LogP contribution in [0.15, 0.2) is 12.8 Å². The van der Waals surface area contributed by atoms with Gasteiger partial charge < -0.3 is 9.47 Å². The Balaban J connectivity index is 3.63. The normalized spacial score (nSPS) is 8.69. The van der Waals surface area contributed by atoms with Crippen molar-refractivity contribution in [1.82, 2.24) is 0 Å². The molecule has 0 aliphatic heterocycles. The SMILES string of the molecule is C=COC(=O)CCC(=O)OC(C)=O. The van der Waals surface area contributed by atoms with Crippen molar-refractivity contribution in [2.75, 3.05) is 0 Å². The third kappa shape index (κ3) is 6.74. The Morgan fingerprint density at radius 3 is 2.23 bits per heavy atom. The van der Waals surface area contributed by atoms with E-state index >= 15 is 0 Å². The van der Waals surface area contributed by atoms with Crippen molar-refractivity contribution < 1.29 is 23.9 Å². The van der Waals surface area contributed by atoms with Crippen molar-refractivity contribution in [2.45, 2.75) is 19.8 Å². The summed E-state index contributed by atoms with van der Waals surface area (Å²) in [5, 5.41) is 0. The first-order chi connectivity index (χ1) is 6.06. The molecular weight excluding hydrogens is 176 g/mol. The predicted molar refractivity (Wildman–Crippen MR) is 42.3 cm³/mol. The molecule has 0 bridgehead atoms. The summed E-state index contributed by atoms with van der Waals surface area (Å²) in [5.74, 6) is -2.02. The lowest BCUT2D eigenvalue weighted by atomic mass is 10.3. The maximum atomic E-state index is 10.7. The zero-order valence-corrected chi connectivity index (χ0v) is 7.24. The molecule has 0 saturated carbocycles. The van der Waals surface area contributed by atoms with Crippen molar-refractivity contribution in [2.24, 2.45) is 0 Å². The number of ether oxygens (including phenoxy) is 2. The van der Waals surface area contributed by atoms with E-state index in [9.17, 15) is 14.4 Å². The third-order valence-electron chi connectivity index (χ3n) is 1.01. The first-order valence-corrected chi connectivity index (χ1v) is 3.58. The Morgan fingerprint density at radius 2 is 1.77 bits per heavy atom. The summed E-state index contributed by atoms with van der Waals surface area (Å²) in [5.41, 5.74) is 0. The van der Waals surface area contributed by atoms with Gasteiger partial charge in [0.15, 0.2) is 0 Å². The van der Waals surface area contributed by atoms with Gasteiger partial charge in [0.2, 0.25) is 0 Å². The Bertz CT molecular complexity index is 231. The van der Waals surface area contributed by atoms with Crippen LogP contribution < -0.4 is 0 Å². The molecule has 0 aromatic heterocycles. The van der Waals surface area contributed by atoms with Crippen molar-refractivity contribution in [3.05, 3.63) is 12.8 Å². The molecule has 0 aromatic rings. The van der Waals surface area contributed by atoms with Crippen LogP contribution in [0.2, 0.25) is 0 Å². The van der Waals surface area contributed by atoms with E-state index in [1.54, 1.807) is 0 Å². The van der Waals surface area contributed by atoms with E-state index in [-0.39, 0.29) is 12.8 Å². The van der Waals surface area contributed by atoms with Gasteiger partial charge in [-0.2, -0.15) is 0 Å². The smallest absolute Gasteiger partial charge is 0.314 e. The monoisotopic (exact) mass is 186 g/mol. The van der Waals surface area contributed by atoms with E-state index < -0.39 is 17.9 Å². The Morgan fingerprint density at radius 1 is 1.23 bits per heavy atom. The average molecular weight is 186 g/mol. The highest BCUT2D eigenvalue weighted by Gasteiger charge is 2.09. The van der Waals surface area contributed by atoms with Gasteiger partial charge in [-0.3, -0.25) is 14.4 Å². The van der Waals surface area contributed by atoms with Crippen LogP contribution in [0.4, 0.5) is 0 Å². The van der Waals surface area contributed by atoms with Gasteiger partial charge in [0, 0.05) is 6.92 Å².